The average Bonchev–Trinajstić information content (AvgIpc) is 3.40. The quantitative estimate of drug-likeness (QED) is 0.0253. The molecule has 4 N–H and O–H groups in total. The lowest BCUT2D eigenvalue weighted by atomic mass is 9.85. The van der Waals surface area contributed by atoms with Gasteiger partial charge in [-0.05, 0) is 71.9 Å². The maximum absolute atomic E-state index is 13.3. The normalized spacial score (nSPS) is 12.0. The Balaban J connectivity index is 2.11. The maximum atomic E-state index is 13.3. The van der Waals surface area contributed by atoms with Crippen LogP contribution in [0.25, 0.3) is 0 Å². The molecule has 2 amide bonds. The van der Waals surface area contributed by atoms with E-state index in [4.69, 9.17) is 19.5 Å². The number of benzene rings is 3. The van der Waals surface area contributed by atoms with E-state index in [1.54, 1.807) is 12.4 Å². The lowest BCUT2D eigenvalue weighted by molar-refractivity contribution is -0.117. The van der Waals surface area contributed by atoms with Crippen LogP contribution in [0.5, 0.6) is 23.0 Å². The van der Waals surface area contributed by atoms with Gasteiger partial charge in [-0.3, -0.25) is 19.6 Å². The molecule has 0 aliphatic carbocycles. The molecule has 0 spiro atoms. The SMILES string of the molecule is CCCCCCCCCCCCOc1cc(N=Cc2cc(C(C)(C)C)cc(NC(=O)CCCCCCC)c2O)c(N=Cc2cc(C(C)(C)C)cc(NC(=O)CCCCCCC)c2O)cc1OCCCCCCCCCCCC. The van der Waals surface area contributed by atoms with E-state index >= 15 is 0 Å². The largest absolute Gasteiger partial charge is 0.505 e. The van der Waals surface area contributed by atoms with Gasteiger partial charge in [0.05, 0.1) is 36.0 Å². The molecule has 10 nitrogen and oxygen atoms in total. The second kappa shape index (κ2) is 38.7. The standard InChI is InChI=1S/C68H110N4O6/c1-11-15-19-23-25-27-29-31-35-39-43-77-61-49-57(69-51-53-45-55(67(5,6)7)47-59(65(53)75)71-63(73)41-37-33-21-17-13-3)58(50-62(61)78-44-40-36-32-30-28-26-24-20-16-12-2)70-52-54-46-56(68(8,9)10)48-60(66(54)76)72-64(74)42-38-34-22-18-14-4/h45-52,75-76H,11-44H2,1-10H3,(H,71,73)(H,72,74). The van der Waals surface area contributed by atoms with E-state index in [2.05, 4.69) is 79.9 Å². The summed E-state index contributed by atoms with van der Waals surface area (Å²) < 4.78 is 13.2. The molecular formula is C68H110N4O6. The summed E-state index contributed by atoms with van der Waals surface area (Å²) in [5, 5.41) is 29.7. The van der Waals surface area contributed by atoms with Gasteiger partial charge in [-0.15, -0.1) is 0 Å². The number of phenolic OH excluding ortho intramolecular Hbond substituents is 2. The van der Waals surface area contributed by atoms with Crippen LogP contribution in [0.4, 0.5) is 22.7 Å². The molecule has 0 unspecified atom stereocenters. The molecule has 0 aliphatic heterocycles. The van der Waals surface area contributed by atoms with Crippen molar-refractivity contribution in [3.05, 3.63) is 58.7 Å². The number of unbranched alkanes of at least 4 members (excludes halogenated alkanes) is 26. The van der Waals surface area contributed by atoms with Gasteiger partial charge in [0, 0.05) is 48.5 Å². The first-order valence-corrected chi connectivity index (χ1v) is 31.4. The van der Waals surface area contributed by atoms with E-state index in [1.165, 1.54) is 103 Å². The second-order valence-corrected chi connectivity index (χ2v) is 24.2. The molecule has 438 valence electrons. The van der Waals surface area contributed by atoms with Gasteiger partial charge in [0.1, 0.15) is 11.5 Å². The first-order valence-electron chi connectivity index (χ1n) is 31.4. The van der Waals surface area contributed by atoms with Gasteiger partial charge in [0.2, 0.25) is 11.8 Å². The third-order valence-corrected chi connectivity index (χ3v) is 14.8. The fourth-order valence-corrected chi connectivity index (χ4v) is 9.56. The molecular weight excluding hydrogens is 969 g/mol. The van der Waals surface area contributed by atoms with Gasteiger partial charge < -0.3 is 30.3 Å². The van der Waals surface area contributed by atoms with E-state index < -0.39 is 0 Å². The molecule has 0 saturated heterocycles. The summed E-state index contributed by atoms with van der Waals surface area (Å²) in [6.45, 7) is 22.6. The predicted molar refractivity (Wildman–Crippen MR) is 333 cm³/mol. The lowest BCUT2D eigenvalue weighted by Gasteiger charge is -2.22. The van der Waals surface area contributed by atoms with Crippen LogP contribution in [0.3, 0.4) is 0 Å². The summed E-state index contributed by atoms with van der Waals surface area (Å²) >= 11 is 0. The third kappa shape index (κ3) is 27.3. The van der Waals surface area contributed by atoms with E-state index in [0.717, 1.165) is 101 Å². The summed E-state index contributed by atoms with van der Waals surface area (Å²) in [4.78, 5) is 36.7. The smallest absolute Gasteiger partial charge is 0.224 e. The number of nitrogens with one attached hydrogen (secondary N) is 2. The number of carbonyl (C=O) groups is 2. The Hall–Kier alpha value is -4.86. The number of amides is 2. The van der Waals surface area contributed by atoms with Gasteiger partial charge in [-0.2, -0.15) is 0 Å². The Bertz CT molecular complexity index is 2060. The minimum absolute atomic E-state index is 0.0653. The van der Waals surface area contributed by atoms with E-state index in [-0.39, 0.29) is 34.1 Å². The monoisotopic (exact) mass is 1080 g/mol. The molecule has 3 aromatic rings. The first-order chi connectivity index (χ1) is 37.5. The molecule has 3 rings (SSSR count). The molecule has 3 aromatic carbocycles. The van der Waals surface area contributed by atoms with Crippen LogP contribution >= 0.6 is 0 Å². The molecule has 0 radical (unpaired) electrons. The molecule has 0 aliphatic rings. The number of aromatic hydroxyl groups is 2. The summed E-state index contributed by atoms with van der Waals surface area (Å²) in [6.07, 6.45) is 38.8. The van der Waals surface area contributed by atoms with Crippen molar-refractivity contribution in [2.24, 2.45) is 9.98 Å². The van der Waals surface area contributed by atoms with E-state index in [1.807, 2.05) is 36.4 Å². The number of phenols is 2. The van der Waals surface area contributed by atoms with E-state index in [0.29, 0.717) is 71.4 Å². The van der Waals surface area contributed by atoms with Crippen LogP contribution in [-0.2, 0) is 20.4 Å². The van der Waals surface area contributed by atoms with Gasteiger partial charge >= 0.3 is 0 Å². The zero-order chi connectivity index (χ0) is 57.0. The van der Waals surface area contributed by atoms with Gasteiger partial charge in [-0.25, -0.2) is 0 Å². The lowest BCUT2D eigenvalue weighted by Crippen LogP contribution is -2.15. The van der Waals surface area contributed by atoms with Gasteiger partial charge in [0.25, 0.3) is 0 Å². The molecule has 0 saturated carbocycles. The number of anilines is 2. The number of aliphatic imine (C=N–C) groups is 2. The highest BCUT2D eigenvalue weighted by atomic mass is 16.5. The average molecular weight is 1080 g/mol. The fraction of sp³-hybridized carbons (Fsp3) is 0.676. The van der Waals surface area contributed by atoms with Crippen LogP contribution in [0.2, 0.25) is 0 Å². The summed E-state index contributed by atoms with van der Waals surface area (Å²) in [6, 6.07) is 11.3. The molecule has 10 heteroatoms. The minimum Gasteiger partial charge on any atom is -0.505 e. The zero-order valence-electron chi connectivity index (χ0n) is 51.1. The molecule has 0 aromatic heterocycles. The van der Waals surface area contributed by atoms with Gasteiger partial charge in [0.15, 0.2) is 11.5 Å². The highest BCUT2D eigenvalue weighted by Crippen LogP contribution is 2.42. The third-order valence-electron chi connectivity index (χ3n) is 14.8. The Morgan fingerprint density at radius 1 is 0.423 bits per heavy atom. The Morgan fingerprint density at radius 3 is 1.00 bits per heavy atom. The number of rotatable bonds is 42. The summed E-state index contributed by atoms with van der Waals surface area (Å²) in [5.74, 6) is 0.749. The highest BCUT2D eigenvalue weighted by Gasteiger charge is 2.22. The summed E-state index contributed by atoms with van der Waals surface area (Å²) in [5.41, 5.74) is 3.81. The van der Waals surface area contributed by atoms with Crippen molar-refractivity contribution in [2.75, 3.05) is 23.8 Å². The highest BCUT2D eigenvalue weighted by molar-refractivity contribution is 5.98. The van der Waals surface area contributed by atoms with Gasteiger partial charge in [-0.1, -0.05) is 236 Å². The van der Waals surface area contributed by atoms with Crippen molar-refractivity contribution in [3.63, 3.8) is 0 Å². The first kappa shape index (κ1) is 67.4. The number of nitrogens with zero attached hydrogens (tertiary/aromatic N) is 2. The van der Waals surface area contributed by atoms with Crippen LogP contribution < -0.4 is 20.1 Å². The number of hydrogen-bond donors (Lipinski definition) is 4. The van der Waals surface area contributed by atoms with Crippen LogP contribution in [0.15, 0.2) is 46.4 Å². The van der Waals surface area contributed by atoms with E-state index in [9.17, 15) is 19.8 Å². The number of ether oxygens (including phenoxy) is 2. The second-order valence-electron chi connectivity index (χ2n) is 24.2. The Kier molecular flexibility index (Phi) is 33.4. The minimum atomic E-state index is -0.301. The fourth-order valence-electron chi connectivity index (χ4n) is 9.56. The van der Waals surface area contributed by atoms with Crippen molar-refractivity contribution in [2.45, 2.75) is 286 Å². The molecule has 0 heterocycles. The Labute approximate surface area is 475 Å². The molecule has 78 heavy (non-hydrogen) atoms. The topological polar surface area (TPSA) is 142 Å². The van der Waals surface area contributed by atoms with Crippen LogP contribution in [0, 0.1) is 0 Å². The molecule has 0 atom stereocenters. The van der Waals surface area contributed by atoms with Crippen molar-refractivity contribution in [3.8, 4) is 23.0 Å². The number of hydrogen-bond acceptors (Lipinski definition) is 8. The zero-order valence-corrected chi connectivity index (χ0v) is 51.1. The van der Waals surface area contributed by atoms with Crippen molar-refractivity contribution in [1.82, 2.24) is 0 Å². The van der Waals surface area contributed by atoms with Crippen LogP contribution in [0.1, 0.15) is 297 Å². The van der Waals surface area contributed by atoms with Crippen molar-refractivity contribution >= 4 is 47.0 Å². The number of carbonyl (C=O) groups excluding carboxylic acids is 2. The molecule has 0 fully saturated rings. The Morgan fingerprint density at radius 2 is 0.705 bits per heavy atom. The summed E-state index contributed by atoms with van der Waals surface area (Å²) in [7, 11) is 0. The molecule has 0 bridgehead atoms. The maximum Gasteiger partial charge on any atom is 0.224 e. The predicted octanol–water partition coefficient (Wildman–Crippen LogP) is 20.4. The van der Waals surface area contributed by atoms with Crippen LogP contribution in [-0.4, -0.2) is 47.7 Å². The van der Waals surface area contributed by atoms with Crippen molar-refractivity contribution in [1.29, 1.82) is 0 Å². The van der Waals surface area contributed by atoms with Crippen molar-refractivity contribution < 1.29 is 29.3 Å².